The molecule has 0 unspecified atom stereocenters. The summed E-state index contributed by atoms with van der Waals surface area (Å²) in [5.74, 6) is 0.638. The minimum Gasteiger partial charge on any atom is -0.334 e. The van der Waals surface area contributed by atoms with Gasteiger partial charge in [-0.1, -0.05) is 35.0 Å². The number of carbonyl (C=O) groups is 1. The lowest BCUT2D eigenvalue weighted by Gasteiger charge is -2.09. The average Bonchev–Trinajstić information content (AvgIpc) is 3.34. The zero-order valence-corrected chi connectivity index (χ0v) is 16.8. The van der Waals surface area contributed by atoms with Crippen molar-refractivity contribution in [2.24, 2.45) is 0 Å². The molecule has 0 atom stereocenters. The molecule has 4 aromatic rings. The van der Waals surface area contributed by atoms with E-state index in [4.69, 9.17) is 16.1 Å². The van der Waals surface area contributed by atoms with Crippen LogP contribution in [0.4, 0.5) is 5.69 Å². The number of aromatic nitrogens is 3. The number of anilines is 1. The van der Waals surface area contributed by atoms with E-state index in [0.717, 1.165) is 16.8 Å². The summed E-state index contributed by atoms with van der Waals surface area (Å²) >= 11 is 6.03. The van der Waals surface area contributed by atoms with Gasteiger partial charge in [0.15, 0.2) is 0 Å². The first kappa shape index (κ1) is 19.0. The molecule has 146 valence electrons. The van der Waals surface area contributed by atoms with Crippen molar-refractivity contribution in [3.05, 3.63) is 76.9 Å². The fourth-order valence-electron chi connectivity index (χ4n) is 2.99. The van der Waals surface area contributed by atoms with E-state index in [1.807, 2.05) is 56.3 Å². The molecular weight excluding hydrogens is 388 g/mol. The predicted molar refractivity (Wildman–Crippen MR) is 113 cm³/mol. The summed E-state index contributed by atoms with van der Waals surface area (Å²) in [5, 5.41) is 7.55. The summed E-state index contributed by atoms with van der Waals surface area (Å²) in [6, 6.07) is 16.7. The van der Waals surface area contributed by atoms with Crippen LogP contribution in [0.1, 0.15) is 11.1 Å². The van der Waals surface area contributed by atoms with Gasteiger partial charge in [0, 0.05) is 22.5 Å². The Morgan fingerprint density at radius 1 is 1.10 bits per heavy atom. The molecule has 0 spiro atoms. The van der Waals surface area contributed by atoms with Gasteiger partial charge in [-0.15, -0.1) is 0 Å². The Balaban J connectivity index is 1.51. The van der Waals surface area contributed by atoms with Crippen LogP contribution in [0, 0.1) is 13.8 Å². The van der Waals surface area contributed by atoms with Crippen LogP contribution in [-0.2, 0) is 11.3 Å². The van der Waals surface area contributed by atoms with Gasteiger partial charge in [0.2, 0.25) is 11.7 Å². The Morgan fingerprint density at radius 2 is 1.97 bits per heavy atom. The van der Waals surface area contributed by atoms with Crippen LogP contribution in [0.5, 0.6) is 0 Å². The van der Waals surface area contributed by atoms with E-state index in [0.29, 0.717) is 22.4 Å². The number of hydrogen-bond acceptors (Lipinski definition) is 4. The van der Waals surface area contributed by atoms with Crippen LogP contribution >= 0.6 is 11.6 Å². The maximum Gasteiger partial charge on any atom is 0.274 e. The molecule has 0 aliphatic rings. The van der Waals surface area contributed by atoms with Crippen LogP contribution in [0.3, 0.4) is 0 Å². The summed E-state index contributed by atoms with van der Waals surface area (Å²) in [6.07, 6.45) is 1.80. The molecule has 2 aromatic carbocycles. The molecule has 29 heavy (non-hydrogen) atoms. The third-order valence-electron chi connectivity index (χ3n) is 4.66. The predicted octanol–water partition coefficient (Wildman–Crippen LogP) is 5.11. The summed E-state index contributed by atoms with van der Waals surface area (Å²) in [6.45, 7) is 4.18. The Morgan fingerprint density at radius 3 is 2.76 bits per heavy atom. The third kappa shape index (κ3) is 4.22. The summed E-state index contributed by atoms with van der Waals surface area (Å²) < 4.78 is 7.19. The molecule has 0 saturated carbocycles. The van der Waals surface area contributed by atoms with Gasteiger partial charge in [-0.3, -0.25) is 4.79 Å². The van der Waals surface area contributed by atoms with E-state index in [9.17, 15) is 4.79 Å². The van der Waals surface area contributed by atoms with Crippen molar-refractivity contribution < 1.29 is 9.32 Å². The molecule has 0 aliphatic carbocycles. The highest BCUT2D eigenvalue weighted by Crippen LogP contribution is 2.24. The van der Waals surface area contributed by atoms with Crippen molar-refractivity contribution in [2.75, 3.05) is 5.32 Å². The molecule has 0 radical (unpaired) electrons. The second kappa shape index (κ2) is 7.93. The summed E-state index contributed by atoms with van der Waals surface area (Å²) in [7, 11) is 0. The molecule has 1 amide bonds. The van der Waals surface area contributed by atoms with E-state index in [-0.39, 0.29) is 12.5 Å². The third-order valence-corrected chi connectivity index (χ3v) is 4.90. The molecule has 0 bridgehead atoms. The first-order valence-electron chi connectivity index (χ1n) is 9.12. The van der Waals surface area contributed by atoms with E-state index >= 15 is 0 Å². The highest BCUT2D eigenvalue weighted by molar-refractivity contribution is 6.30. The minimum absolute atomic E-state index is 0.129. The monoisotopic (exact) mass is 406 g/mol. The van der Waals surface area contributed by atoms with Crippen LogP contribution in [-0.4, -0.2) is 20.6 Å². The van der Waals surface area contributed by atoms with Gasteiger partial charge in [-0.2, -0.15) is 4.98 Å². The molecule has 0 saturated heterocycles. The lowest BCUT2D eigenvalue weighted by molar-refractivity contribution is -0.116. The number of aryl methyl sites for hydroxylation is 2. The number of hydrogen-bond donors (Lipinski definition) is 1. The van der Waals surface area contributed by atoms with Gasteiger partial charge in [-0.25, -0.2) is 0 Å². The van der Waals surface area contributed by atoms with Crippen molar-refractivity contribution in [3.63, 3.8) is 0 Å². The highest BCUT2D eigenvalue weighted by atomic mass is 35.5. The van der Waals surface area contributed by atoms with E-state index in [1.165, 1.54) is 5.56 Å². The largest absolute Gasteiger partial charge is 0.334 e. The van der Waals surface area contributed by atoms with Crippen molar-refractivity contribution in [1.29, 1.82) is 0 Å². The molecule has 0 aliphatic heterocycles. The Hall–Kier alpha value is -3.38. The number of amides is 1. The molecular formula is C22H19ClN4O2. The van der Waals surface area contributed by atoms with Crippen LogP contribution in [0.25, 0.3) is 23.0 Å². The molecule has 2 aromatic heterocycles. The quantitative estimate of drug-likeness (QED) is 0.499. The van der Waals surface area contributed by atoms with Crippen LogP contribution < -0.4 is 5.32 Å². The smallest absolute Gasteiger partial charge is 0.274 e. The average molecular weight is 407 g/mol. The Bertz CT molecular complexity index is 1180. The van der Waals surface area contributed by atoms with Crippen molar-refractivity contribution in [2.45, 2.75) is 20.4 Å². The van der Waals surface area contributed by atoms with Crippen LogP contribution in [0.15, 0.2) is 65.3 Å². The summed E-state index contributed by atoms with van der Waals surface area (Å²) in [4.78, 5) is 17.0. The normalized spacial score (nSPS) is 10.9. The molecule has 4 rings (SSSR count). The summed E-state index contributed by atoms with van der Waals surface area (Å²) in [5.41, 5.74) is 4.51. The second-order valence-electron chi connectivity index (χ2n) is 6.80. The van der Waals surface area contributed by atoms with Crippen molar-refractivity contribution in [3.8, 4) is 23.0 Å². The van der Waals surface area contributed by atoms with Gasteiger partial charge in [0.05, 0.1) is 0 Å². The molecule has 0 fully saturated rings. The first-order chi connectivity index (χ1) is 14.0. The number of carbonyl (C=O) groups excluding carboxylic acids is 1. The SMILES string of the molecule is Cc1ccc(NC(=O)Cn2cccc2-c2nc(-c3cccc(Cl)c3)no2)cc1C. The van der Waals surface area contributed by atoms with Crippen molar-refractivity contribution >= 4 is 23.2 Å². The lowest BCUT2D eigenvalue weighted by Crippen LogP contribution is -2.18. The van der Waals surface area contributed by atoms with Gasteiger partial charge >= 0.3 is 0 Å². The zero-order chi connectivity index (χ0) is 20.4. The maximum absolute atomic E-state index is 12.5. The van der Waals surface area contributed by atoms with Gasteiger partial charge in [0.1, 0.15) is 12.2 Å². The minimum atomic E-state index is -0.139. The number of nitrogens with one attached hydrogen (secondary N) is 1. The fraction of sp³-hybridized carbons (Fsp3) is 0.136. The van der Waals surface area contributed by atoms with Crippen molar-refractivity contribution in [1.82, 2.24) is 14.7 Å². The number of benzene rings is 2. The Labute approximate surface area is 173 Å². The lowest BCUT2D eigenvalue weighted by atomic mass is 10.1. The molecule has 2 heterocycles. The number of rotatable bonds is 5. The standard InChI is InChI=1S/C22H19ClN4O2/c1-14-8-9-18(11-15(14)2)24-20(28)13-27-10-4-7-19(27)22-25-21(26-29-22)16-5-3-6-17(23)12-16/h3-12H,13H2,1-2H3,(H,24,28). The van der Waals surface area contributed by atoms with Crippen LogP contribution in [0.2, 0.25) is 5.02 Å². The molecule has 6 nitrogen and oxygen atoms in total. The molecule has 1 N–H and O–H groups in total. The zero-order valence-electron chi connectivity index (χ0n) is 16.0. The van der Waals surface area contributed by atoms with Gasteiger partial charge < -0.3 is 14.4 Å². The maximum atomic E-state index is 12.5. The van der Waals surface area contributed by atoms with E-state index in [2.05, 4.69) is 15.5 Å². The van der Waals surface area contributed by atoms with Gasteiger partial charge in [0.25, 0.3) is 5.89 Å². The first-order valence-corrected chi connectivity index (χ1v) is 9.49. The van der Waals surface area contributed by atoms with Gasteiger partial charge in [-0.05, 0) is 61.4 Å². The second-order valence-corrected chi connectivity index (χ2v) is 7.24. The van der Waals surface area contributed by atoms with E-state index in [1.54, 1.807) is 22.9 Å². The fourth-order valence-corrected chi connectivity index (χ4v) is 3.18. The number of halogens is 1. The Kier molecular flexibility index (Phi) is 5.18. The molecule has 7 heteroatoms. The van der Waals surface area contributed by atoms with E-state index < -0.39 is 0 Å². The highest BCUT2D eigenvalue weighted by Gasteiger charge is 2.16. The number of nitrogens with zero attached hydrogens (tertiary/aromatic N) is 3. The topological polar surface area (TPSA) is 73.0 Å².